The van der Waals surface area contributed by atoms with Gasteiger partial charge >= 0.3 is 6.18 Å². The summed E-state index contributed by atoms with van der Waals surface area (Å²) >= 11 is 5.63. The zero-order chi connectivity index (χ0) is 14.9. The van der Waals surface area contributed by atoms with Crippen LogP contribution in [-0.2, 0) is 15.7 Å². The first-order valence-corrected chi connectivity index (χ1v) is 6.15. The minimum Gasteiger partial charge on any atom is -0.377 e. The topological polar surface area (TPSA) is 47.5 Å². The van der Waals surface area contributed by atoms with Crippen molar-refractivity contribution in [3.63, 3.8) is 0 Å². The van der Waals surface area contributed by atoms with Gasteiger partial charge in [-0.2, -0.15) is 13.2 Å². The fourth-order valence-electron chi connectivity index (χ4n) is 2.08. The lowest BCUT2D eigenvalue weighted by atomic mass is 10.3. The molecular formula is C11H13ClF3N3O2. The molecule has 0 spiro atoms. The van der Waals surface area contributed by atoms with E-state index in [-0.39, 0.29) is 23.2 Å². The van der Waals surface area contributed by atoms with Crippen molar-refractivity contribution in [2.24, 2.45) is 0 Å². The summed E-state index contributed by atoms with van der Waals surface area (Å²) in [5.74, 6) is -1.14. The molecule has 1 aromatic rings. The van der Waals surface area contributed by atoms with Gasteiger partial charge in [-0.15, -0.1) is 0 Å². The summed E-state index contributed by atoms with van der Waals surface area (Å²) in [7, 11) is 3.04. The standard InChI is InChI=1S/C11H13ClF3N3O2/c1-19-6-4-18(5-7(6)20-2)9-3-8(12)16-10(17-9)11(13,14)15/h3,6-7H,4-5H2,1-2H3. The van der Waals surface area contributed by atoms with E-state index < -0.39 is 12.0 Å². The fourth-order valence-corrected chi connectivity index (χ4v) is 2.26. The second kappa shape index (κ2) is 5.71. The molecule has 1 saturated heterocycles. The van der Waals surface area contributed by atoms with E-state index in [1.807, 2.05) is 0 Å². The summed E-state index contributed by atoms with van der Waals surface area (Å²) in [6.45, 7) is 0.749. The van der Waals surface area contributed by atoms with Crippen LogP contribution in [0.2, 0.25) is 5.15 Å². The molecular weight excluding hydrogens is 299 g/mol. The largest absolute Gasteiger partial charge is 0.451 e. The molecule has 2 rings (SSSR count). The molecule has 0 aliphatic carbocycles. The quantitative estimate of drug-likeness (QED) is 0.799. The number of hydrogen-bond donors (Lipinski definition) is 0. The number of methoxy groups -OCH3 is 2. The van der Waals surface area contributed by atoms with Gasteiger partial charge in [0.15, 0.2) is 0 Å². The van der Waals surface area contributed by atoms with E-state index in [1.165, 1.54) is 20.3 Å². The van der Waals surface area contributed by atoms with Gasteiger partial charge in [-0.3, -0.25) is 0 Å². The number of anilines is 1. The van der Waals surface area contributed by atoms with Gasteiger partial charge in [-0.05, 0) is 0 Å². The van der Waals surface area contributed by atoms with Gasteiger partial charge in [0.25, 0.3) is 0 Å². The Morgan fingerprint density at radius 3 is 2.20 bits per heavy atom. The molecule has 2 heterocycles. The minimum absolute atomic E-state index is 0.110. The zero-order valence-electron chi connectivity index (χ0n) is 10.8. The third-order valence-corrected chi connectivity index (χ3v) is 3.27. The van der Waals surface area contributed by atoms with E-state index in [4.69, 9.17) is 21.1 Å². The van der Waals surface area contributed by atoms with Gasteiger partial charge in [-0.25, -0.2) is 9.97 Å². The Balaban J connectivity index is 2.28. The van der Waals surface area contributed by atoms with Crippen LogP contribution in [0.15, 0.2) is 6.07 Å². The molecule has 0 amide bonds. The Morgan fingerprint density at radius 2 is 1.75 bits per heavy atom. The molecule has 9 heteroatoms. The van der Waals surface area contributed by atoms with E-state index in [0.29, 0.717) is 13.1 Å². The molecule has 0 saturated carbocycles. The van der Waals surface area contributed by atoms with E-state index >= 15 is 0 Å². The number of hydrogen-bond acceptors (Lipinski definition) is 5. The van der Waals surface area contributed by atoms with Crippen LogP contribution in [0.4, 0.5) is 19.0 Å². The van der Waals surface area contributed by atoms with E-state index in [9.17, 15) is 13.2 Å². The molecule has 0 bridgehead atoms. The predicted octanol–water partition coefficient (Wildman–Crippen LogP) is 2.00. The lowest BCUT2D eigenvalue weighted by Gasteiger charge is -2.18. The second-order valence-corrected chi connectivity index (χ2v) is 4.71. The van der Waals surface area contributed by atoms with Crippen LogP contribution in [0.25, 0.3) is 0 Å². The second-order valence-electron chi connectivity index (χ2n) is 4.32. The highest BCUT2D eigenvalue weighted by Gasteiger charge is 2.38. The van der Waals surface area contributed by atoms with Crippen molar-refractivity contribution in [2.45, 2.75) is 18.4 Å². The summed E-state index contributed by atoms with van der Waals surface area (Å²) in [6.07, 6.45) is -5.10. The maximum absolute atomic E-state index is 12.7. The van der Waals surface area contributed by atoms with Crippen molar-refractivity contribution in [3.8, 4) is 0 Å². The van der Waals surface area contributed by atoms with E-state index in [1.54, 1.807) is 4.90 Å². The first-order valence-electron chi connectivity index (χ1n) is 5.77. The Hall–Kier alpha value is -1.12. The van der Waals surface area contributed by atoms with Crippen molar-refractivity contribution < 1.29 is 22.6 Å². The highest BCUT2D eigenvalue weighted by molar-refractivity contribution is 6.29. The summed E-state index contributed by atoms with van der Waals surface area (Å²) in [5, 5.41) is -0.253. The van der Waals surface area contributed by atoms with Crippen molar-refractivity contribution in [2.75, 3.05) is 32.2 Å². The SMILES string of the molecule is COC1CN(c2cc(Cl)nc(C(F)(F)F)n2)CC1OC. The van der Waals surface area contributed by atoms with Gasteiger partial charge in [0.05, 0.1) is 0 Å². The van der Waals surface area contributed by atoms with Crippen LogP contribution >= 0.6 is 11.6 Å². The van der Waals surface area contributed by atoms with Gasteiger partial charge in [0.1, 0.15) is 23.2 Å². The number of ether oxygens (including phenoxy) is 2. The Kier molecular flexibility index (Phi) is 4.36. The third kappa shape index (κ3) is 3.13. The van der Waals surface area contributed by atoms with Crippen molar-refractivity contribution >= 4 is 17.4 Å². The molecule has 20 heavy (non-hydrogen) atoms. The lowest BCUT2D eigenvalue weighted by Crippen LogP contribution is -2.27. The minimum atomic E-state index is -4.64. The molecule has 1 aliphatic rings. The Morgan fingerprint density at radius 1 is 1.20 bits per heavy atom. The van der Waals surface area contributed by atoms with Gasteiger partial charge in [0.2, 0.25) is 5.82 Å². The molecule has 1 aromatic heterocycles. The number of nitrogens with zero attached hydrogens (tertiary/aromatic N) is 3. The average molecular weight is 312 g/mol. The number of alkyl halides is 3. The molecule has 0 aromatic carbocycles. The highest BCUT2D eigenvalue weighted by atomic mass is 35.5. The molecule has 5 nitrogen and oxygen atoms in total. The molecule has 0 radical (unpaired) electrons. The van der Waals surface area contributed by atoms with Gasteiger partial charge in [0, 0.05) is 33.4 Å². The highest BCUT2D eigenvalue weighted by Crippen LogP contribution is 2.30. The summed E-state index contributed by atoms with van der Waals surface area (Å²) in [5.41, 5.74) is 0. The maximum atomic E-state index is 12.7. The van der Waals surface area contributed by atoms with Crippen molar-refractivity contribution in [1.29, 1.82) is 0 Å². The van der Waals surface area contributed by atoms with Crippen molar-refractivity contribution in [1.82, 2.24) is 9.97 Å². The van der Waals surface area contributed by atoms with Crippen LogP contribution < -0.4 is 4.90 Å². The van der Waals surface area contributed by atoms with E-state index in [2.05, 4.69) is 9.97 Å². The first-order chi connectivity index (χ1) is 9.35. The zero-order valence-corrected chi connectivity index (χ0v) is 11.6. The third-order valence-electron chi connectivity index (χ3n) is 3.08. The predicted molar refractivity (Wildman–Crippen MR) is 65.9 cm³/mol. The molecule has 2 atom stereocenters. The molecule has 0 N–H and O–H groups in total. The van der Waals surface area contributed by atoms with Crippen LogP contribution in [-0.4, -0.2) is 49.5 Å². The van der Waals surface area contributed by atoms with Crippen molar-refractivity contribution in [3.05, 3.63) is 17.0 Å². The fraction of sp³-hybridized carbons (Fsp3) is 0.636. The van der Waals surface area contributed by atoms with Crippen LogP contribution in [0, 0.1) is 0 Å². The van der Waals surface area contributed by atoms with Crippen LogP contribution in [0.3, 0.4) is 0 Å². The smallest absolute Gasteiger partial charge is 0.377 e. The molecule has 1 aliphatic heterocycles. The van der Waals surface area contributed by atoms with Crippen LogP contribution in [0.5, 0.6) is 0 Å². The molecule has 1 fully saturated rings. The first kappa shape index (κ1) is 15.3. The van der Waals surface area contributed by atoms with Gasteiger partial charge < -0.3 is 14.4 Å². The average Bonchev–Trinajstić information content (AvgIpc) is 2.80. The summed E-state index contributed by atoms with van der Waals surface area (Å²) < 4.78 is 48.5. The molecule has 112 valence electrons. The van der Waals surface area contributed by atoms with Crippen LogP contribution in [0.1, 0.15) is 5.82 Å². The lowest BCUT2D eigenvalue weighted by molar-refractivity contribution is -0.144. The van der Waals surface area contributed by atoms with Gasteiger partial charge in [-0.1, -0.05) is 11.6 Å². The normalized spacial score (nSPS) is 23.4. The summed E-state index contributed by atoms with van der Waals surface area (Å²) in [6, 6.07) is 1.29. The Bertz CT molecular complexity index is 474. The van der Waals surface area contributed by atoms with E-state index in [0.717, 1.165) is 0 Å². The number of aromatic nitrogens is 2. The molecule has 2 unspecified atom stereocenters. The Labute approximate surface area is 118 Å². The maximum Gasteiger partial charge on any atom is 0.451 e. The number of rotatable bonds is 3. The summed E-state index contributed by atoms with van der Waals surface area (Å²) in [4.78, 5) is 8.34. The monoisotopic (exact) mass is 311 g/mol. The number of halogens is 4.